The van der Waals surface area contributed by atoms with Crippen molar-refractivity contribution in [1.29, 1.82) is 0 Å². The topological polar surface area (TPSA) is 92.8 Å². The number of carbonyl (C=O) groups is 2. The second-order valence-corrected chi connectivity index (χ2v) is 7.76. The summed E-state index contributed by atoms with van der Waals surface area (Å²) in [6.07, 6.45) is -0.314. The van der Waals surface area contributed by atoms with E-state index in [1.54, 1.807) is 26.0 Å². The molecule has 0 aliphatic carbocycles. The Hall–Kier alpha value is -1.93. The third-order valence-electron chi connectivity index (χ3n) is 4.04. The minimum atomic E-state index is -3.91. The van der Waals surface area contributed by atoms with Gasteiger partial charge in [-0.15, -0.1) is 0 Å². The molecule has 1 amide bonds. The van der Waals surface area contributed by atoms with E-state index in [1.807, 2.05) is 6.92 Å². The normalized spacial score (nSPS) is 19.0. The lowest BCUT2D eigenvalue weighted by Gasteiger charge is -2.34. The van der Waals surface area contributed by atoms with E-state index in [4.69, 9.17) is 0 Å². The van der Waals surface area contributed by atoms with E-state index in [-0.39, 0.29) is 24.4 Å². The van der Waals surface area contributed by atoms with Crippen LogP contribution in [0.5, 0.6) is 0 Å². The largest absolute Gasteiger partial charge is 0.469 e. The molecule has 1 atom stereocenters. The van der Waals surface area contributed by atoms with E-state index in [0.29, 0.717) is 11.1 Å². The molecule has 1 aliphatic rings. The Kier molecular flexibility index (Phi) is 5.29. The number of hydrogen-bond donors (Lipinski definition) is 1. The standard InChI is InChI=1S/C16H22N2O5S/c1-10-7-11(2)15(12(3)8-10)24(21,22)18-6-5-17-16(20)13(18)9-14(19)23-4/h7-8,13H,5-6,9H2,1-4H3,(H,17,20). The molecule has 0 spiro atoms. The molecule has 7 nitrogen and oxygen atoms in total. The van der Waals surface area contributed by atoms with Crippen molar-refractivity contribution in [2.75, 3.05) is 20.2 Å². The van der Waals surface area contributed by atoms with Gasteiger partial charge < -0.3 is 10.1 Å². The van der Waals surface area contributed by atoms with Gasteiger partial charge >= 0.3 is 5.97 Å². The number of carbonyl (C=O) groups excluding carboxylic acids is 2. The summed E-state index contributed by atoms with van der Waals surface area (Å²) in [5, 5.41) is 2.60. The van der Waals surface area contributed by atoms with E-state index >= 15 is 0 Å². The lowest BCUT2D eigenvalue weighted by Crippen LogP contribution is -2.57. The molecule has 0 saturated carbocycles. The van der Waals surface area contributed by atoms with Crippen LogP contribution in [0.2, 0.25) is 0 Å². The number of hydrogen-bond acceptors (Lipinski definition) is 5. The van der Waals surface area contributed by atoms with Crippen molar-refractivity contribution in [3.63, 3.8) is 0 Å². The lowest BCUT2D eigenvalue weighted by atomic mass is 10.1. The molecule has 24 heavy (non-hydrogen) atoms. The number of aryl methyl sites for hydroxylation is 3. The SMILES string of the molecule is COC(=O)CC1C(=O)NCCN1S(=O)(=O)c1c(C)cc(C)cc1C. The number of sulfonamides is 1. The zero-order valence-electron chi connectivity index (χ0n) is 14.3. The summed E-state index contributed by atoms with van der Waals surface area (Å²) in [5.74, 6) is -1.12. The summed E-state index contributed by atoms with van der Waals surface area (Å²) in [5.41, 5.74) is 2.21. The maximum Gasteiger partial charge on any atom is 0.307 e. The fourth-order valence-corrected chi connectivity index (χ4v) is 5.11. The number of nitrogens with zero attached hydrogens (tertiary/aromatic N) is 1. The molecule has 8 heteroatoms. The van der Waals surface area contributed by atoms with Gasteiger partial charge in [-0.05, 0) is 31.9 Å². The Morgan fingerprint density at radius 1 is 1.29 bits per heavy atom. The van der Waals surface area contributed by atoms with Crippen LogP contribution in [0, 0.1) is 20.8 Å². The summed E-state index contributed by atoms with van der Waals surface area (Å²) < 4.78 is 32.0. The van der Waals surface area contributed by atoms with Crippen molar-refractivity contribution in [3.05, 3.63) is 28.8 Å². The van der Waals surface area contributed by atoms with Gasteiger partial charge in [0.05, 0.1) is 18.4 Å². The highest BCUT2D eigenvalue weighted by molar-refractivity contribution is 7.89. The second kappa shape index (κ2) is 6.90. The summed E-state index contributed by atoms with van der Waals surface area (Å²) in [4.78, 5) is 23.9. The molecular formula is C16H22N2O5S. The van der Waals surface area contributed by atoms with Crippen molar-refractivity contribution >= 4 is 21.9 Å². The molecule has 1 N–H and O–H groups in total. The average molecular weight is 354 g/mol. The average Bonchev–Trinajstić information content (AvgIpc) is 2.47. The van der Waals surface area contributed by atoms with Crippen molar-refractivity contribution < 1.29 is 22.7 Å². The van der Waals surface area contributed by atoms with Crippen LogP contribution < -0.4 is 5.32 Å². The molecule has 0 radical (unpaired) electrons. The molecule has 132 valence electrons. The number of amides is 1. The van der Waals surface area contributed by atoms with Gasteiger partial charge in [0.15, 0.2) is 0 Å². The Labute approximate surface area is 142 Å². The zero-order chi connectivity index (χ0) is 18.1. The van der Waals surface area contributed by atoms with E-state index in [9.17, 15) is 18.0 Å². The van der Waals surface area contributed by atoms with Crippen LogP contribution in [-0.4, -0.2) is 50.8 Å². The first-order valence-electron chi connectivity index (χ1n) is 7.62. The highest BCUT2D eigenvalue weighted by Crippen LogP contribution is 2.28. The molecule has 0 aromatic heterocycles. The molecule has 2 rings (SSSR count). The third-order valence-corrected chi connectivity index (χ3v) is 6.26. The van der Waals surface area contributed by atoms with E-state index < -0.39 is 27.9 Å². The van der Waals surface area contributed by atoms with Gasteiger partial charge in [0.25, 0.3) is 0 Å². The molecule has 1 aliphatic heterocycles. The Morgan fingerprint density at radius 2 is 1.88 bits per heavy atom. The van der Waals surface area contributed by atoms with E-state index in [1.165, 1.54) is 7.11 Å². The minimum absolute atomic E-state index is 0.114. The van der Waals surface area contributed by atoms with Gasteiger partial charge in [-0.25, -0.2) is 8.42 Å². The van der Waals surface area contributed by atoms with Crippen molar-refractivity contribution in [3.8, 4) is 0 Å². The third kappa shape index (κ3) is 3.44. The molecule has 1 aromatic carbocycles. The Bertz CT molecular complexity index is 750. The summed E-state index contributed by atoms with van der Waals surface area (Å²) >= 11 is 0. The van der Waals surface area contributed by atoms with Gasteiger partial charge in [-0.1, -0.05) is 17.7 Å². The molecule has 1 heterocycles. The number of piperazine rings is 1. The van der Waals surface area contributed by atoms with Gasteiger partial charge in [0.1, 0.15) is 6.04 Å². The molecule has 0 bridgehead atoms. The van der Waals surface area contributed by atoms with Crippen molar-refractivity contribution in [2.45, 2.75) is 38.1 Å². The minimum Gasteiger partial charge on any atom is -0.469 e. The molecule has 1 fully saturated rings. The first kappa shape index (κ1) is 18.4. The van der Waals surface area contributed by atoms with Crippen molar-refractivity contribution in [2.24, 2.45) is 0 Å². The summed E-state index contributed by atoms with van der Waals surface area (Å²) in [7, 11) is -2.71. The van der Waals surface area contributed by atoms with Gasteiger partial charge in [0, 0.05) is 13.1 Å². The number of rotatable bonds is 4. The van der Waals surface area contributed by atoms with Crippen LogP contribution >= 0.6 is 0 Å². The zero-order valence-corrected chi connectivity index (χ0v) is 15.1. The highest BCUT2D eigenvalue weighted by Gasteiger charge is 2.40. The number of benzene rings is 1. The number of methoxy groups -OCH3 is 1. The maximum absolute atomic E-state index is 13.2. The van der Waals surface area contributed by atoms with Gasteiger partial charge in [-0.3, -0.25) is 9.59 Å². The highest BCUT2D eigenvalue weighted by atomic mass is 32.2. The van der Waals surface area contributed by atoms with E-state index in [0.717, 1.165) is 9.87 Å². The number of nitrogens with one attached hydrogen (secondary N) is 1. The quantitative estimate of drug-likeness (QED) is 0.802. The van der Waals surface area contributed by atoms with E-state index in [2.05, 4.69) is 10.1 Å². The predicted molar refractivity (Wildman–Crippen MR) is 88.0 cm³/mol. The second-order valence-electron chi connectivity index (χ2n) is 5.93. The number of esters is 1. The fourth-order valence-electron chi connectivity index (χ4n) is 3.11. The Morgan fingerprint density at radius 3 is 2.42 bits per heavy atom. The maximum atomic E-state index is 13.2. The van der Waals surface area contributed by atoms with Crippen LogP contribution in [0.3, 0.4) is 0 Å². The fraction of sp³-hybridized carbons (Fsp3) is 0.500. The lowest BCUT2D eigenvalue weighted by molar-refractivity contribution is -0.144. The van der Waals surface area contributed by atoms with Crippen LogP contribution in [0.4, 0.5) is 0 Å². The molecule has 1 saturated heterocycles. The van der Waals surface area contributed by atoms with Crippen molar-refractivity contribution in [1.82, 2.24) is 9.62 Å². The van der Waals surface area contributed by atoms with Crippen LogP contribution in [0.25, 0.3) is 0 Å². The summed E-state index contributed by atoms with van der Waals surface area (Å²) in [6.45, 7) is 5.67. The van der Waals surface area contributed by atoms with Crippen LogP contribution in [0.1, 0.15) is 23.1 Å². The van der Waals surface area contributed by atoms with Crippen LogP contribution in [-0.2, 0) is 24.3 Å². The van der Waals surface area contributed by atoms with Gasteiger partial charge in [-0.2, -0.15) is 4.31 Å². The predicted octanol–water partition coefficient (Wildman–Crippen LogP) is 0.664. The first-order valence-corrected chi connectivity index (χ1v) is 9.06. The number of ether oxygens (including phenoxy) is 1. The smallest absolute Gasteiger partial charge is 0.307 e. The first-order chi connectivity index (χ1) is 11.2. The monoisotopic (exact) mass is 354 g/mol. The molecular weight excluding hydrogens is 332 g/mol. The van der Waals surface area contributed by atoms with Gasteiger partial charge in [0.2, 0.25) is 15.9 Å². The molecule has 1 aromatic rings. The Balaban J connectivity index is 2.50. The van der Waals surface area contributed by atoms with Crippen LogP contribution in [0.15, 0.2) is 17.0 Å². The summed E-state index contributed by atoms with van der Waals surface area (Å²) in [6, 6.07) is 2.48. The molecule has 1 unspecified atom stereocenters.